The van der Waals surface area contributed by atoms with Gasteiger partial charge in [0.15, 0.2) is 11.5 Å². The van der Waals surface area contributed by atoms with E-state index in [1.165, 1.54) is 0 Å². The van der Waals surface area contributed by atoms with Crippen molar-refractivity contribution in [2.24, 2.45) is 5.73 Å². The second-order valence-electron chi connectivity index (χ2n) is 5.49. The highest BCUT2D eigenvalue weighted by Gasteiger charge is 2.20. The third kappa shape index (κ3) is 3.19. The number of benzene rings is 2. The van der Waals surface area contributed by atoms with E-state index in [2.05, 4.69) is 9.97 Å². The van der Waals surface area contributed by atoms with E-state index in [1.807, 2.05) is 42.5 Å². The van der Waals surface area contributed by atoms with Crippen LogP contribution in [0.2, 0.25) is 0 Å². The number of fused-ring (bicyclic) bond motifs is 1. The molecule has 3 aromatic rings. The Morgan fingerprint density at radius 1 is 1.17 bits per heavy atom. The number of rotatable bonds is 6. The zero-order valence-corrected chi connectivity index (χ0v) is 14.4. The summed E-state index contributed by atoms with van der Waals surface area (Å²) in [5.41, 5.74) is 8.90. The molecule has 0 fully saturated rings. The number of hydrogen-bond donors (Lipinski definition) is 2. The Hall–Kier alpha value is -2.60. The lowest BCUT2D eigenvalue weighted by molar-refractivity contribution is 0.354. The molecule has 5 nitrogen and oxygen atoms in total. The Balaban J connectivity index is 1.93. The van der Waals surface area contributed by atoms with Crippen molar-refractivity contribution in [2.45, 2.75) is 12.3 Å². The third-order valence-electron chi connectivity index (χ3n) is 3.97. The predicted molar refractivity (Wildman–Crippen MR) is 98.9 cm³/mol. The molecule has 24 heavy (non-hydrogen) atoms. The van der Waals surface area contributed by atoms with Gasteiger partial charge in [-0.05, 0) is 36.2 Å². The molecular weight excluding hydrogens is 322 g/mol. The number of nitrogens with one attached hydrogen (secondary N) is 1. The Morgan fingerprint density at radius 3 is 2.58 bits per heavy atom. The first-order chi connectivity index (χ1) is 11.6. The summed E-state index contributed by atoms with van der Waals surface area (Å²) in [7, 11) is 3.23. The highest BCUT2D eigenvalue weighted by atomic mass is 32.1. The second kappa shape index (κ2) is 6.88. The fourth-order valence-electron chi connectivity index (χ4n) is 2.71. The minimum atomic E-state index is -0.175. The zero-order valence-electron chi connectivity index (χ0n) is 13.6. The van der Waals surface area contributed by atoms with E-state index in [-0.39, 0.29) is 5.92 Å². The van der Waals surface area contributed by atoms with E-state index in [0.717, 1.165) is 22.4 Å². The molecule has 1 atom stereocenters. The number of aromatic amines is 1. The fraction of sp³-hybridized carbons (Fsp3) is 0.222. The van der Waals surface area contributed by atoms with E-state index >= 15 is 0 Å². The molecule has 0 aliphatic carbocycles. The van der Waals surface area contributed by atoms with Crippen LogP contribution in [-0.4, -0.2) is 29.2 Å². The molecule has 0 aliphatic rings. The van der Waals surface area contributed by atoms with Crippen molar-refractivity contribution in [3.63, 3.8) is 0 Å². The summed E-state index contributed by atoms with van der Waals surface area (Å²) in [4.78, 5) is 8.35. The lowest BCUT2D eigenvalue weighted by Crippen LogP contribution is -2.22. The molecule has 0 unspecified atom stereocenters. The molecule has 3 rings (SSSR count). The molecule has 124 valence electrons. The zero-order chi connectivity index (χ0) is 17.1. The number of nitrogens with zero attached hydrogens (tertiary/aromatic N) is 1. The first-order valence-corrected chi connectivity index (χ1v) is 7.98. The van der Waals surface area contributed by atoms with Crippen LogP contribution in [0.5, 0.6) is 11.5 Å². The van der Waals surface area contributed by atoms with Gasteiger partial charge in [0.2, 0.25) is 0 Å². The van der Waals surface area contributed by atoms with Gasteiger partial charge in [-0.2, -0.15) is 0 Å². The number of nitrogens with two attached hydrogens (primary N) is 1. The molecule has 0 saturated heterocycles. The van der Waals surface area contributed by atoms with Crippen LogP contribution in [0.15, 0.2) is 42.5 Å². The number of H-pyrrole nitrogens is 1. The van der Waals surface area contributed by atoms with Crippen LogP contribution in [0, 0.1) is 0 Å². The Labute approximate surface area is 145 Å². The van der Waals surface area contributed by atoms with Crippen LogP contribution in [0.1, 0.15) is 17.3 Å². The lowest BCUT2D eigenvalue weighted by atomic mass is 9.98. The van der Waals surface area contributed by atoms with Crippen molar-refractivity contribution >= 4 is 28.2 Å². The van der Waals surface area contributed by atoms with Gasteiger partial charge in [0.1, 0.15) is 5.82 Å². The van der Waals surface area contributed by atoms with Gasteiger partial charge >= 0.3 is 0 Å². The predicted octanol–water partition coefficient (Wildman–Crippen LogP) is 3.19. The number of hydrogen-bond acceptors (Lipinski definition) is 4. The molecule has 1 aromatic heterocycles. The van der Waals surface area contributed by atoms with Crippen molar-refractivity contribution in [3.05, 3.63) is 53.9 Å². The van der Waals surface area contributed by atoms with Gasteiger partial charge in [-0.15, -0.1) is 0 Å². The second-order valence-corrected chi connectivity index (χ2v) is 5.96. The third-order valence-corrected chi connectivity index (χ3v) is 4.25. The van der Waals surface area contributed by atoms with Gasteiger partial charge in [0.25, 0.3) is 0 Å². The van der Waals surface area contributed by atoms with Gasteiger partial charge in [0.05, 0.1) is 36.2 Å². The highest BCUT2D eigenvalue weighted by Crippen LogP contribution is 2.30. The van der Waals surface area contributed by atoms with Gasteiger partial charge < -0.3 is 20.2 Å². The molecule has 0 saturated carbocycles. The standard InChI is InChI=1S/C18H19N3O2S/c1-22-15-8-7-11(10-16(15)23-2)9-12(17(19)24)18-20-13-5-3-4-6-14(13)21-18/h3-8,10,12H,9H2,1-2H3,(H2,19,24)(H,20,21)/t12-/m0/s1. The van der Waals surface area contributed by atoms with Crippen molar-refractivity contribution in [2.75, 3.05) is 14.2 Å². The molecule has 0 amide bonds. The van der Waals surface area contributed by atoms with Crippen LogP contribution in [0.4, 0.5) is 0 Å². The van der Waals surface area contributed by atoms with Gasteiger partial charge in [-0.3, -0.25) is 0 Å². The molecule has 0 aliphatic heterocycles. The first kappa shape index (κ1) is 16.3. The van der Waals surface area contributed by atoms with Gasteiger partial charge in [-0.25, -0.2) is 4.98 Å². The molecule has 0 radical (unpaired) electrons. The molecule has 0 bridgehead atoms. The molecule has 1 heterocycles. The van der Waals surface area contributed by atoms with Crippen LogP contribution >= 0.6 is 12.2 Å². The molecule has 6 heteroatoms. The number of para-hydroxylation sites is 2. The Kier molecular flexibility index (Phi) is 4.66. The maximum absolute atomic E-state index is 5.98. The van der Waals surface area contributed by atoms with Crippen LogP contribution in [0.3, 0.4) is 0 Å². The molecule has 3 N–H and O–H groups in total. The summed E-state index contributed by atoms with van der Waals surface area (Å²) in [6, 6.07) is 13.7. The SMILES string of the molecule is COc1ccc(C[C@@H](C(N)=S)c2nc3ccccc3[nH]2)cc1OC. The average molecular weight is 341 g/mol. The highest BCUT2D eigenvalue weighted by molar-refractivity contribution is 7.80. The summed E-state index contributed by atoms with van der Waals surface area (Å²) in [5, 5.41) is 0. The summed E-state index contributed by atoms with van der Waals surface area (Å²) < 4.78 is 10.6. The van der Waals surface area contributed by atoms with Crippen molar-refractivity contribution in [1.82, 2.24) is 9.97 Å². The number of methoxy groups -OCH3 is 2. The Bertz CT molecular complexity index is 843. The van der Waals surface area contributed by atoms with E-state index < -0.39 is 0 Å². The minimum Gasteiger partial charge on any atom is -0.493 e. The Morgan fingerprint density at radius 2 is 1.92 bits per heavy atom. The van der Waals surface area contributed by atoms with Gasteiger partial charge in [0, 0.05) is 0 Å². The maximum Gasteiger partial charge on any atom is 0.160 e. The topological polar surface area (TPSA) is 73.2 Å². The number of ether oxygens (including phenoxy) is 2. The smallest absolute Gasteiger partial charge is 0.160 e. The number of thiocarbonyl (C=S) groups is 1. The summed E-state index contributed by atoms with van der Waals surface area (Å²) in [6.45, 7) is 0. The first-order valence-electron chi connectivity index (χ1n) is 7.57. The maximum atomic E-state index is 5.98. The van der Waals surface area contributed by atoms with Crippen molar-refractivity contribution in [3.8, 4) is 11.5 Å². The lowest BCUT2D eigenvalue weighted by Gasteiger charge is -2.15. The largest absolute Gasteiger partial charge is 0.493 e. The molecule has 2 aromatic carbocycles. The number of imidazole rings is 1. The molecular formula is C18H19N3O2S. The van der Waals surface area contributed by atoms with Crippen LogP contribution < -0.4 is 15.2 Å². The average Bonchev–Trinajstić information content (AvgIpc) is 3.02. The minimum absolute atomic E-state index is 0.175. The fourth-order valence-corrected chi connectivity index (χ4v) is 2.91. The van der Waals surface area contributed by atoms with E-state index in [0.29, 0.717) is 22.9 Å². The summed E-state index contributed by atoms with van der Waals surface area (Å²) in [5.74, 6) is 1.97. The molecule has 0 spiro atoms. The summed E-state index contributed by atoms with van der Waals surface area (Å²) in [6.07, 6.45) is 0.634. The summed E-state index contributed by atoms with van der Waals surface area (Å²) >= 11 is 5.27. The van der Waals surface area contributed by atoms with Crippen LogP contribution in [0.25, 0.3) is 11.0 Å². The van der Waals surface area contributed by atoms with Crippen molar-refractivity contribution in [1.29, 1.82) is 0 Å². The van der Waals surface area contributed by atoms with E-state index in [1.54, 1.807) is 14.2 Å². The monoisotopic (exact) mass is 341 g/mol. The van der Waals surface area contributed by atoms with Crippen LogP contribution in [-0.2, 0) is 6.42 Å². The quantitative estimate of drug-likeness (QED) is 0.674. The van der Waals surface area contributed by atoms with E-state index in [9.17, 15) is 0 Å². The number of aromatic nitrogens is 2. The van der Waals surface area contributed by atoms with Gasteiger partial charge in [-0.1, -0.05) is 30.4 Å². The van der Waals surface area contributed by atoms with Crippen molar-refractivity contribution < 1.29 is 9.47 Å². The van der Waals surface area contributed by atoms with E-state index in [4.69, 9.17) is 27.4 Å². The normalized spacial score (nSPS) is 12.1.